The first-order valence-corrected chi connectivity index (χ1v) is 12.8. The first kappa shape index (κ1) is 22.1. The van der Waals surface area contributed by atoms with Gasteiger partial charge in [0.05, 0.1) is 18.0 Å². The molecule has 3 atom stereocenters. The number of nitrogens with one attached hydrogen (secondary N) is 2. The number of fused-ring (bicyclic) bond motifs is 3. The van der Waals surface area contributed by atoms with Crippen LogP contribution in [0.2, 0.25) is 10.0 Å². The number of anilines is 2. The normalized spacial score (nSPS) is 21.1. The molecule has 8 heteroatoms. The number of methoxy groups -OCH3 is 1. The Bertz CT molecular complexity index is 1320. The van der Waals surface area contributed by atoms with Gasteiger partial charge in [0.2, 0.25) is 0 Å². The van der Waals surface area contributed by atoms with E-state index in [9.17, 15) is 8.42 Å². The van der Waals surface area contributed by atoms with Gasteiger partial charge in [0, 0.05) is 32.9 Å². The lowest BCUT2D eigenvalue weighted by Crippen LogP contribution is -2.29. The maximum atomic E-state index is 13.1. The van der Waals surface area contributed by atoms with Crippen molar-refractivity contribution in [3.05, 3.63) is 94.0 Å². The second kappa shape index (κ2) is 8.60. The minimum absolute atomic E-state index is 0.0646. The van der Waals surface area contributed by atoms with Crippen LogP contribution in [0.3, 0.4) is 0 Å². The number of rotatable bonds is 5. The SMILES string of the molecule is COc1ccc(NS(=O)(=O)c2ccc3c(c2)C2C=CCC2C(c2c(Cl)cccc2Cl)N3)cc1. The lowest BCUT2D eigenvalue weighted by atomic mass is 9.77. The summed E-state index contributed by atoms with van der Waals surface area (Å²) in [6.45, 7) is 0. The third-order valence-electron chi connectivity index (χ3n) is 6.30. The van der Waals surface area contributed by atoms with Gasteiger partial charge in [-0.1, -0.05) is 41.4 Å². The van der Waals surface area contributed by atoms with Gasteiger partial charge in [-0.05, 0) is 72.5 Å². The number of halogens is 2. The van der Waals surface area contributed by atoms with Crippen LogP contribution < -0.4 is 14.8 Å². The van der Waals surface area contributed by atoms with Crippen LogP contribution in [0.25, 0.3) is 0 Å². The highest BCUT2D eigenvalue weighted by molar-refractivity contribution is 7.92. The van der Waals surface area contributed by atoms with Crippen LogP contribution in [0.5, 0.6) is 5.75 Å². The highest BCUT2D eigenvalue weighted by Crippen LogP contribution is 2.52. The van der Waals surface area contributed by atoms with Crippen LogP contribution in [0, 0.1) is 5.92 Å². The quantitative estimate of drug-likeness (QED) is 0.385. The van der Waals surface area contributed by atoms with E-state index in [2.05, 4.69) is 22.2 Å². The summed E-state index contributed by atoms with van der Waals surface area (Å²) in [5.41, 5.74) is 3.18. The van der Waals surface area contributed by atoms with E-state index >= 15 is 0 Å². The van der Waals surface area contributed by atoms with Gasteiger partial charge in [0.1, 0.15) is 5.75 Å². The largest absolute Gasteiger partial charge is 0.497 e. The molecule has 3 unspecified atom stereocenters. The Balaban J connectivity index is 1.49. The fraction of sp³-hybridized carbons (Fsp3) is 0.200. The Labute approximate surface area is 203 Å². The molecule has 3 aromatic rings. The minimum Gasteiger partial charge on any atom is -0.497 e. The predicted molar refractivity (Wildman–Crippen MR) is 133 cm³/mol. The molecule has 0 aromatic heterocycles. The monoisotopic (exact) mass is 500 g/mol. The van der Waals surface area contributed by atoms with E-state index in [4.69, 9.17) is 27.9 Å². The molecule has 1 aliphatic heterocycles. The first-order valence-electron chi connectivity index (χ1n) is 10.6. The van der Waals surface area contributed by atoms with Gasteiger partial charge >= 0.3 is 0 Å². The summed E-state index contributed by atoms with van der Waals surface area (Å²) in [6.07, 6.45) is 5.14. The van der Waals surface area contributed by atoms with Crippen molar-refractivity contribution < 1.29 is 13.2 Å². The Kier molecular flexibility index (Phi) is 5.77. The molecular weight excluding hydrogens is 479 g/mol. The third kappa shape index (κ3) is 4.07. The minimum atomic E-state index is -3.76. The smallest absolute Gasteiger partial charge is 0.261 e. The fourth-order valence-electron chi connectivity index (χ4n) is 4.71. The second-order valence-corrected chi connectivity index (χ2v) is 10.7. The Hall–Kier alpha value is -2.67. The van der Waals surface area contributed by atoms with Gasteiger partial charge < -0.3 is 10.1 Å². The molecule has 0 fully saturated rings. The van der Waals surface area contributed by atoms with Crippen molar-refractivity contribution in [3.63, 3.8) is 0 Å². The topological polar surface area (TPSA) is 67.4 Å². The number of hydrogen-bond acceptors (Lipinski definition) is 4. The van der Waals surface area contributed by atoms with E-state index in [-0.39, 0.29) is 22.8 Å². The lowest BCUT2D eigenvalue weighted by molar-refractivity contribution is 0.415. The van der Waals surface area contributed by atoms with Crippen molar-refractivity contribution in [3.8, 4) is 5.75 Å². The summed E-state index contributed by atoms with van der Waals surface area (Å²) in [5.74, 6) is 0.905. The van der Waals surface area contributed by atoms with E-state index in [0.717, 1.165) is 23.2 Å². The Morgan fingerprint density at radius 3 is 2.45 bits per heavy atom. The molecule has 0 spiro atoms. The van der Waals surface area contributed by atoms with Crippen molar-refractivity contribution in [1.82, 2.24) is 0 Å². The molecule has 1 aliphatic carbocycles. The van der Waals surface area contributed by atoms with Crippen LogP contribution in [-0.4, -0.2) is 15.5 Å². The third-order valence-corrected chi connectivity index (χ3v) is 8.34. The molecule has 0 amide bonds. The molecule has 170 valence electrons. The highest BCUT2D eigenvalue weighted by Gasteiger charge is 2.40. The summed E-state index contributed by atoms with van der Waals surface area (Å²) >= 11 is 13.0. The Morgan fingerprint density at radius 1 is 1.03 bits per heavy atom. The molecule has 3 aromatic carbocycles. The molecule has 2 N–H and O–H groups in total. The number of allylic oxidation sites excluding steroid dienone is 2. The summed E-state index contributed by atoms with van der Waals surface area (Å²) < 4.78 is 34.0. The molecule has 1 heterocycles. The fourth-order valence-corrected chi connectivity index (χ4v) is 6.43. The average molecular weight is 501 g/mol. The molecule has 2 aliphatic rings. The molecule has 33 heavy (non-hydrogen) atoms. The van der Waals surface area contributed by atoms with Gasteiger partial charge in [-0.15, -0.1) is 0 Å². The molecule has 0 bridgehead atoms. The van der Waals surface area contributed by atoms with Crippen LogP contribution in [0.1, 0.15) is 29.5 Å². The van der Waals surface area contributed by atoms with Crippen LogP contribution in [0.15, 0.2) is 77.7 Å². The zero-order chi connectivity index (χ0) is 23.2. The Morgan fingerprint density at radius 2 is 1.76 bits per heavy atom. The average Bonchev–Trinajstić information content (AvgIpc) is 3.29. The molecule has 5 rings (SSSR count). The van der Waals surface area contributed by atoms with Crippen LogP contribution in [-0.2, 0) is 10.0 Å². The maximum absolute atomic E-state index is 13.1. The van der Waals surface area contributed by atoms with E-state index in [1.54, 1.807) is 43.5 Å². The standard InChI is InChI=1S/C25H22Cl2N2O3S/c1-32-16-10-8-15(9-11-16)29-33(30,31)17-12-13-23-20(14-17)18-4-2-5-19(18)25(28-23)24-21(26)6-3-7-22(24)27/h2-4,6-14,18-19,25,28-29H,5H2,1H3. The predicted octanol–water partition coefficient (Wildman–Crippen LogP) is 6.63. The van der Waals surface area contributed by atoms with Crippen molar-refractivity contribution in [2.24, 2.45) is 5.92 Å². The van der Waals surface area contributed by atoms with Gasteiger partial charge in [0.25, 0.3) is 10.0 Å². The number of sulfonamides is 1. The first-order chi connectivity index (χ1) is 15.9. The summed E-state index contributed by atoms with van der Waals surface area (Å²) in [5, 5.41) is 4.81. The van der Waals surface area contributed by atoms with Crippen molar-refractivity contribution in [1.29, 1.82) is 0 Å². The molecule has 0 saturated heterocycles. The zero-order valence-corrected chi connectivity index (χ0v) is 20.1. The molecule has 5 nitrogen and oxygen atoms in total. The lowest BCUT2D eigenvalue weighted by Gasteiger charge is -2.38. The number of ether oxygens (including phenoxy) is 1. The van der Waals surface area contributed by atoms with E-state index in [0.29, 0.717) is 21.5 Å². The second-order valence-electron chi connectivity index (χ2n) is 8.19. The summed E-state index contributed by atoms with van der Waals surface area (Å²) in [6, 6.07) is 17.4. The zero-order valence-electron chi connectivity index (χ0n) is 17.8. The molecular formula is C25H22Cl2N2O3S. The van der Waals surface area contributed by atoms with Gasteiger partial charge in [0.15, 0.2) is 0 Å². The van der Waals surface area contributed by atoms with Crippen LogP contribution >= 0.6 is 23.2 Å². The molecule has 0 saturated carbocycles. The van der Waals surface area contributed by atoms with Crippen LogP contribution in [0.4, 0.5) is 11.4 Å². The van der Waals surface area contributed by atoms with Crippen molar-refractivity contribution in [2.45, 2.75) is 23.3 Å². The summed E-state index contributed by atoms with van der Waals surface area (Å²) in [7, 11) is -2.19. The van der Waals surface area contributed by atoms with Gasteiger partial charge in [-0.25, -0.2) is 8.42 Å². The maximum Gasteiger partial charge on any atom is 0.261 e. The highest BCUT2D eigenvalue weighted by atomic mass is 35.5. The molecule has 0 radical (unpaired) electrons. The summed E-state index contributed by atoms with van der Waals surface area (Å²) in [4.78, 5) is 0.215. The van der Waals surface area contributed by atoms with Gasteiger partial charge in [-0.2, -0.15) is 0 Å². The number of benzene rings is 3. The van der Waals surface area contributed by atoms with Gasteiger partial charge in [-0.3, -0.25) is 4.72 Å². The number of hydrogen-bond donors (Lipinski definition) is 2. The van der Waals surface area contributed by atoms with E-state index in [1.807, 2.05) is 24.3 Å². The van der Waals surface area contributed by atoms with Crippen molar-refractivity contribution >= 4 is 44.6 Å². The van der Waals surface area contributed by atoms with E-state index in [1.165, 1.54) is 0 Å². The van der Waals surface area contributed by atoms with E-state index < -0.39 is 10.0 Å². The van der Waals surface area contributed by atoms with Crippen molar-refractivity contribution in [2.75, 3.05) is 17.1 Å².